The second-order valence-corrected chi connectivity index (χ2v) is 9.40. The number of imide groups is 1. The number of allylic oxidation sites excluding steroid dienone is 2. The highest BCUT2D eigenvalue weighted by atomic mass is 19.1. The average Bonchev–Trinajstić information content (AvgIpc) is 3.58. The van der Waals surface area contributed by atoms with Gasteiger partial charge in [0.05, 0.1) is 11.8 Å². The number of nitrogens with zero attached hydrogens (tertiary/aromatic N) is 1. The first-order chi connectivity index (χ1) is 15.5. The van der Waals surface area contributed by atoms with Crippen molar-refractivity contribution in [3.63, 3.8) is 0 Å². The molecular weight excluding hydrogens is 407 g/mol. The van der Waals surface area contributed by atoms with Crippen LogP contribution in [0.5, 0.6) is 0 Å². The van der Waals surface area contributed by atoms with Gasteiger partial charge in [0.1, 0.15) is 11.9 Å². The molecule has 2 bridgehead atoms. The predicted octanol–water partition coefficient (Wildman–Crippen LogP) is 3.43. The van der Waals surface area contributed by atoms with Crippen molar-refractivity contribution in [3.05, 3.63) is 78.1 Å². The molecule has 32 heavy (non-hydrogen) atoms. The molecular formula is C26H23FN2O3. The Kier molecular flexibility index (Phi) is 4.32. The maximum absolute atomic E-state index is 13.6. The number of rotatable bonds is 5. The van der Waals surface area contributed by atoms with Crippen molar-refractivity contribution in [1.29, 1.82) is 0 Å². The van der Waals surface area contributed by atoms with E-state index in [1.807, 2.05) is 30.3 Å². The van der Waals surface area contributed by atoms with Crippen LogP contribution >= 0.6 is 0 Å². The van der Waals surface area contributed by atoms with E-state index in [9.17, 15) is 18.8 Å². The highest BCUT2D eigenvalue weighted by molar-refractivity contribution is 6.10. The van der Waals surface area contributed by atoms with Gasteiger partial charge in [-0.25, -0.2) is 4.39 Å². The maximum Gasteiger partial charge on any atom is 0.248 e. The van der Waals surface area contributed by atoms with Crippen LogP contribution in [0.2, 0.25) is 0 Å². The minimum atomic E-state index is -0.955. The minimum Gasteiger partial charge on any atom is -0.324 e. The zero-order valence-corrected chi connectivity index (χ0v) is 17.4. The van der Waals surface area contributed by atoms with Crippen molar-refractivity contribution in [2.75, 3.05) is 5.32 Å². The second kappa shape index (κ2) is 7.12. The molecule has 5 nitrogen and oxygen atoms in total. The Hall–Kier alpha value is -3.28. The van der Waals surface area contributed by atoms with Crippen LogP contribution in [0, 0.1) is 41.3 Å². The summed E-state index contributed by atoms with van der Waals surface area (Å²) < 4.78 is 13.3. The standard InChI is InChI=1S/C26H23FN2O3/c27-15-6-8-16(9-7-15)28-24(30)21(12-14-4-2-1-3-5-14)29-25(31)22-17-10-11-18(20-13-19(17)20)23(22)26(29)32/h1-11,17-23H,12-13H2,(H,28,30)/t17-,18-,19-,20+,21-,22-,23+/m0/s1. The molecule has 0 radical (unpaired) electrons. The Morgan fingerprint density at radius 1 is 0.938 bits per heavy atom. The molecule has 6 heteroatoms. The van der Waals surface area contributed by atoms with Crippen LogP contribution in [-0.2, 0) is 20.8 Å². The monoisotopic (exact) mass is 430 g/mol. The number of halogens is 1. The fraction of sp³-hybridized carbons (Fsp3) is 0.346. The van der Waals surface area contributed by atoms with Crippen LogP contribution < -0.4 is 5.32 Å². The molecule has 162 valence electrons. The summed E-state index contributed by atoms with van der Waals surface area (Å²) in [5.74, 6) is -0.767. The number of carbonyl (C=O) groups excluding carboxylic acids is 3. The van der Waals surface area contributed by atoms with Crippen LogP contribution in [0.15, 0.2) is 66.7 Å². The van der Waals surface area contributed by atoms with E-state index in [1.54, 1.807) is 0 Å². The van der Waals surface area contributed by atoms with E-state index in [0.29, 0.717) is 17.5 Å². The summed E-state index contributed by atoms with van der Waals surface area (Å²) in [6.07, 6.45) is 5.58. The van der Waals surface area contributed by atoms with E-state index < -0.39 is 17.8 Å². The number of benzene rings is 2. The fourth-order valence-corrected chi connectivity index (χ4v) is 6.18. The highest BCUT2D eigenvalue weighted by Crippen LogP contribution is 2.65. The third-order valence-corrected chi connectivity index (χ3v) is 7.69. The van der Waals surface area contributed by atoms with Crippen LogP contribution in [0.4, 0.5) is 10.1 Å². The van der Waals surface area contributed by atoms with Gasteiger partial charge in [0.15, 0.2) is 0 Å². The van der Waals surface area contributed by atoms with Gasteiger partial charge < -0.3 is 5.32 Å². The van der Waals surface area contributed by atoms with Crippen molar-refractivity contribution in [2.45, 2.75) is 18.9 Å². The fourth-order valence-electron chi connectivity index (χ4n) is 6.18. The van der Waals surface area contributed by atoms with E-state index in [0.717, 1.165) is 12.0 Å². The molecule has 0 aromatic heterocycles. The molecule has 3 fully saturated rings. The zero-order chi connectivity index (χ0) is 22.0. The first-order valence-electron chi connectivity index (χ1n) is 11.2. The molecule has 1 saturated heterocycles. The molecule has 0 spiro atoms. The van der Waals surface area contributed by atoms with Gasteiger partial charge in [0.25, 0.3) is 0 Å². The minimum absolute atomic E-state index is 0.106. The smallest absolute Gasteiger partial charge is 0.248 e. The first kappa shape index (κ1) is 19.4. The third-order valence-electron chi connectivity index (χ3n) is 7.69. The van der Waals surface area contributed by atoms with Crippen molar-refractivity contribution >= 4 is 23.4 Å². The normalized spacial score (nSPS) is 32.5. The van der Waals surface area contributed by atoms with Gasteiger partial charge in [-0.15, -0.1) is 0 Å². The van der Waals surface area contributed by atoms with Crippen molar-refractivity contribution < 1.29 is 18.8 Å². The van der Waals surface area contributed by atoms with Crippen LogP contribution in [0.1, 0.15) is 12.0 Å². The lowest BCUT2D eigenvalue weighted by Gasteiger charge is -2.37. The predicted molar refractivity (Wildman–Crippen MR) is 116 cm³/mol. The molecule has 1 N–H and O–H groups in total. The third kappa shape index (κ3) is 2.93. The van der Waals surface area contributed by atoms with Crippen LogP contribution in [-0.4, -0.2) is 28.7 Å². The van der Waals surface area contributed by atoms with Crippen LogP contribution in [0.25, 0.3) is 0 Å². The molecule has 2 aromatic rings. The number of anilines is 1. The SMILES string of the molecule is O=C(Nc1ccc(F)cc1)[C@H](Cc1ccccc1)N1C(=O)[C@@H]2[C@H]3C=C[C@@H]([C@@H]4C[C@H]34)[C@@H]2C1=O. The molecule has 3 amide bonds. The number of carbonyl (C=O) groups is 3. The second-order valence-electron chi connectivity index (χ2n) is 9.40. The van der Waals surface area contributed by atoms with E-state index in [2.05, 4.69) is 17.5 Å². The van der Waals surface area contributed by atoms with Gasteiger partial charge in [0, 0.05) is 12.1 Å². The first-order valence-corrected chi connectivity index (χ1v) is 11.2. The van der Waals surface area contributed by atoms with Crippen LogP contribution in [0.3, 0.4) is 0 Å². The molecule has 2 saturated carbocycles. The van der Waals surface area contributed by atoms with Gasteiger partial charge in [0.2, 0.25) is 17.7 Å². The largest absolute Gasteiger partial charge is 0.324 e. The van der Waals surface area contributed by atoms with Gasteiger partial charge in [-0.05, 0) is 59.9 Å². The number of hydrogen-bond donors (Lipinski definition) is 1. The summed E-state index contributed by atoms with van der Waals surface area (Å²) in [6.45, 7) is 0. The number of likely N-dealkylation sites (tertiary alicyclic amines) is 1. The quantitative estimate of drug-likeness (QED) is 0.584. The van der Waals surface area contributed by atoms with Gasteiger partial charge in [-0.1, -0.05) is 42.5 Å². The molecule has 7 atom stereocenters. The van der Waals surface area contributed by atoms with E-state index in [1.165, 1.54) is 29.2 Å². The summed E-state index contributed by atoms with van der Waals surface area (Å²) >= 11 is 0. The van der Waals surface area contributed by atoms with Crippen molar-refractivity contribution in [2.24, 2.45) is 35.5 Å². The molecule has 1 aliphatic heterocycles. The van der Waals surface area contributed by atoms with Gasteiger partial charge >= 0.3 is 0 Å². The average molecular weight is 430 g/mol. The van der Waals surface area contributed by atoms with Crippen molar-refractivity contribution in [1.82, 2.24) is 4.90 Å². The Morgan fingerprint density at radius 3 is 2.12 bits per heavy atom. The van der Waals surface area contributed by atoms with E-state index in [4.69, 9.17) is 0 Å². The van der Waals surface area contributed by atoms with E-state index >= 15 is 0 Å². The molecule has 4 aliphatic carbocycles. The zero-order valence-electron chi connectivity index (χ0n) is 17.4. The van der Waals surface area contributed by atoms with Gasteiger partial charge in [-0.3, -0.25) is 19.3 Å². The number of hydrogen-bond acceptors (Lipinski definition) is 3. The molecule has 7 rings (SSSR count). The van der Waals surface area contributed by atoms with Gasteiger partial charge in [-0.2, -0.15) is 0 Å². The molecule has 2 aromatic carbocycles. The number of amides is 3. The summed E-state index contributed by atoms with van der Waals surface area (Å²) in [7, 11) is 0. The molecule has 0 unspecified atom stereocenters. The summed E-state index contributed by atoms with van der Waals surface area (Å²) in [6, 6.07) is 13.9. The lowest BCUT2D eigenvalue weighted by atomic mass is 9.63. The topological polar surface area (TPSA) is 66.5 Å². The Morgan fingerprint density at radius 2 is 1.53 bits per heavy atom. The molecule has 5 aliphatic rings. The lowest BCUT2D eigenvalue weighted by molar-refractivity contribution is -0.146. The Bertz CT molecular complexity index is 1090. The lowest BCUT2D eigenvalue weighted by Crippen LogP contribution is -2.49. The maximum atomic E-state index is 13.6. The summed E-state index contributed by atoms with van der Waals surface area (Å²) in [5, 5.41) is 2.78. The van der Waals surface area contributed by atoms with E-state index in [-0.39, 0.29) is 41.9 Å². The molecule has 1 heterocycles. The highest BCUT2D eigenvalue weighted by Gasteiger charge is 2.67. The van der Waals surface area contributed by atoms with Crippen molar-refractivity contribution in [3.8, 4) is 0 Å². The number of nitrogens with one attached hydrogen (secondary N) is 1. The summed E-state index contributed by atoms with van der Waals surface area (Å²) in [5.41, 5.74) is 1.29. The summed E-state index contributed by atoms with van der Waals surface area (Å²) in [4.78, 5) is 41.8. The Balaban J connectivity index is 1.33. The Labute approximate surface area is 185 Å².